The Morgan fingerprint density at radius 3 is 2.63 bits per heavy atom. The summed E-state index contributed by atoms with van der Waals surface area (Å²) >= 11 is 0. The van der Waals surface area contributed by atoms with Crippen molar-refractivity contribution in [2.75, 3.05) is 13.1 Å². The van der Waals surface area contributed by atoms with Crippen LogP contribution in [0.2, 0.25) is 0 Å². The second kappa shape index (κ2) is 4.64. The van der Waals surface area contributed by atoms with Crippen molar-refractivity contribution >= 4 is 5.97 Å². The Kier molecular flexibility index (Phi) is 3.09. The SMILES string of the molecule is CC(C(=O)O)N1CCC2(CCc3ccccc32)CC1. The molecule has 0 saturated carbocycles. The van der Waals surface area contributed by atoms with Crippen LogP contribution in [0.25, 0.3) is 0 Å². The molecular formula is C16H21NO2. The lowest BCUT2D eigenvalue weighted by Crippen LogP contribution is -2.48. The van der Waals surface area contributed by atoms with E-state index in [4.69, 9.17) is 5.11 Å². The summed E-state index contributed by atoms with van der Waals surface area (Å²) < 4.78 is 0. The number of benzene rings is 1. The van der Waals surface area contributed by atoms with Crippen molar-refractivity contribution in [3.63, 3.8) is 0 Å². The third-order valence-corrected chi connectivity index (χ3v) is 5.12. The Labute approximate surface area is 114 Å². The predicted octanol–water partition coefficient (Wildman–Crippen LogP) is 2.44. The summed E-state index contributed by atoms with van der Waals surface area (Å²) in [6.45, 7) is 3.60. The normalized spacial score (nSPS) is 23.2. The van der Waals surface area contributed by atoms with Crippen LogP contribution in [0, 0.1) is 0 Å². The van der Waals surface area contributed by atoms with E-state index in [1.807, 2.05) is 0 Å². The molecule has 19 heavy (non-hydrogen) atoms. The molecule has 0 radical (unpaired) electrons. The fourth-order valence-corrected chi connectivity index (χ4v) is 3.78. The molecule has 1 unspecified atom stereocenters. The van der Waals surface area contributed by atoms with Gasteiger partial charge in [-0.25, -0.2) is 0 Å². The van der Waals surface area contributed by atoms with Crippen molar-refractivity contribution in [2.45, 2.75) is 44.1 Å². The highest BCUT2D eigenvalue weighted by Crippen LogP contribution is 2.46. The number of likely N-dealkylation sites (tertiary alicyclic amines) is 1. The first-order valence-corrected chi connectivity index (χ1v) is 7.18. The molecule has 1 aromatic rings. The lowest BCUT2D eigenvalue weighted by molar-refractivity contribution is -0.143. The number of hydrogen-bond donors (Lipinski definition) is 1. The number of carboxylic acids is 1. The van der Waals surface area contributed by atoms with Crippen molar-refractivity contribution in [3.8, 4) is 0 Å². The Balaban J connectivity index is 1.76. The van der Waals surface area contributed by atoms with Gasteiger partial charge in [0.25, 0.3) is 0 Å². The second-order valence-corrected chi connectivity index (χ2v) is 5.99. The summed E-state index contributed by atoms with van der Waals surface area (Å²) in [6.07, 6.45) is 4.62. The van der Waals surface area contributed by atoms with E-state index in [0.717, 1.165) is 25.9 Å². The highest BCUT2D eigenvalue weighted by Gasteiger charge is 2.41. The van der Waals surface area contributed by atoms with Crippen LogP contribution in [0.15, 0.2) is 24.3 Å². The second-order valence-electron chi connectivity index (χ2n) is 5.99. The van der Waals surface area contributed by atoms with Gasteiger partial charge in [-0.1, -0.05) is 24.3 Å². The van der Waals surface area contributed by atoms with Gasteiger partial charge in [-0.15, -0.1) is 0 Å². The van der Waals surface area contributed by atoms with Gasteiger partial charge < -0.3 is 5.11 Å². The van der Waals surface area contributed by atoms with Gasteiger partial charge in [0.2, 0.25) is 0 Å². The Bertz CT molecular complexity index is 489. The maximum absolute atomic E-state index is 11.1. The average molecular weight is 259 g/mol. The number of carboxylic acid groups (broad SMARTS) is 1. The first kappa shape index (κ1) is 12.7. The zero-order valence-electron chi connectivity index (χ0n) is 11.4. The van der Waals surface area contributed by atoms with Crippen LogP contribution in [-0.2, 0) is 16.6 Å². The van der Waals surface area contributed by atoms with Crippen LogP contribution in [0.5, 0.6) is 0 Å². The summed E-state index contributed by atoms with van der Waals surface area (Å²) in [5.74, 6) is -0.706. The van der Waals surface area contributed by atoms with Crippen LogP contribution in [0.4, 0.5) is 0 Å². The number of fused-ring (bicyclic) bond motifs is 2. The number of aryl methyl sites for hydroxylation is 1. The number of piperidine rings is 1. The van der Waals surface area contributed by atoms with Crippen molar-refractivity contribution in [1.82, 2.24) is 4.90 Å². The lowest BCUT2D eigenvalue weighted by atomic mass is 9.73. The number of hydrogen-bond acceptors (Lipinski definition) is 2. The molecule has 1 saturated heterocycles. The van der Waals surface area contributed by atoms with Gasteiger partial charge in [0.15, 0.2) is 0 Å². The summed E-state index contributed by atoms with van der Waals surface area (Å²) in [7, 11) is 0. The molecule has 0 bridgehead atoms. The molecule has 1 heterocycles. The molecular weight excluding hydrogens is 238 g/mol. The molecule has 1 aromatic carbocycles. The maximum Gasteiger partial charge on any atom is 0.320 e. The minimum Gasteiger partial charge on any atom is -0.480 e. The summed E-state index contributed by atoms with van der Waals surface area (Å²) in [6, 6.07) is 8.43. The monoisotopic (exact) mass is 259 g/mol. The number of rotatable bonds is 2. The minimum atomic E-state index is -0.706. The van der Waals surface area contributed by atoms with Gasteiger partial charge in [0.1, 0.15) is 6.04 Å². The highest BCUT2D eigenvalue weighted by atomic mass is 16.4. The molecule has 2 aliphatic rings. The molecule has 1 fully saturated rings. The van der Waals surface area contributed by atoms with E-state index in [1.54, 1.807) is 6.92 Å². The van der Waals surface area contributed by atoms with E-state index < -0.39 is 5.97 Å². The van der Waals surface area contributed by atoms with E-state index >= 15 is 0 Å². The molecule has 3 heteroatoms. The third kappa shape index (κ3) is 2.06. The van der Waals surface area contributed by atoms with Crippen LogP contribution in [0.3, 0.4) is 0 Å². The summed E-state index contributed by atoms with van der Waals surface area (Å²) in [5, 5.41) is 9.11. The van der Waals surface area contributed by atoms with Gasteiger partial charge in [-0.2, -0.15) is 0 Å². The van der Waals surface area contributed by atoms with Crippen molar-refractivity contribution in [3.05, 3.63) is 35.4 Å². The molecule has 102 valence electrons. The zero-order valence-corrected chi connectivity index (χ0v) is 11.4. The lowest BCUT2D eigenvalue weighted by Gasteiger charge is -2.41. The van der Waals surface area contributed by atoms with E-state index in [9.17, 15) is 4.79 Å². The molecule has 0 aromatic heterocycles. The smallest absolute Gasteiger partial charge is 0.320 e. The first-order valence-electron chi connectivity index (χ1n) is 7.18. The Hall–Kier alpha value is -1.35. The number of nitrogens with zero attached hydrogens (tertiary/aromatic N) is 1. The topological polar surface area (TPSA) is 40.5 Å². The van der Waals surface area contributed by atoms with E-state index in [-0.39, 0.29) is 6.04 Å². The van der Waals surface area contributed by atoms with E-state index in [0.29, 0.717) is 5.41 Å². The van der Waals surface area contributed by atoms with Gasteiger partial charge in [0.05, 0.1) is 0 Å². The summed E-state index contributed by atoms with van der Waals surface area (Å²) in [5.41, 5.74) is 3.35. The maximum atomic E-state index is 11.1. The Morgan fingerprint density at radius 1 is 1.26 bits per heavy atom. The highest BCUT2D eigenvalue weighted by molar-refractivity contribution is 5.72. The quantitative estimate of drug-likeness (QED) is 0.887. The van der Waals surface area contributed by atoms with Gasteiger partial charge in [-0.3, -0.25) is 9.69 Å². The van der Waals surface area contributed by atoms with Crippen LogP contribution >= 0.6 is 0 Å². The fourth-order valence-electron chi connectivity index (χ4n) is 3.78. The zero-order chi connectivity index (χ0) is 13.5. The molecule has 1 N–H and O–H groups in total. The van der Waals surface area contributed by atoms with E-state index in [2.05, 4.69) is 29.2 Å². The van der Waals surface area contributed by atoms with Gasteiger partial charge in [-0.05, 0) is 62.2 Å². The standard InChI is InChI=1S/C16H21NO2/c1-12(15(18)19)17-10-8-16(9-11-17)7-6-13-4-2-3-5-14(13)16/h2-5,12H,6-11H2,1H3,(H,18,19). The molecule has 1 spiro atoms. The van der Waals surface area contributed by atoms with Crippen LogP contribution in [0.1, 0.15) is 37.3 Å². The largest absolute Gasteiger partial charge is 0.480 e. The molecule has 1 aliphatic heterocycles. The Morgan fingerprint density at radius 2 is 1.95 bits per heavy atom. The van der Waals surface area contributed by atoms with Gasteiger partial charge >= 0.3 is 5.97 Å². The van der Waals surface area contributed by atoms with E-state index in [1.165, 1.54) is 24.0 Å². The van der Waals surface area contributed by atoms with Gasteiger partial charge in [0, 0.05) is 0 Å². The average Bonchev–Trinajstić information content (AvgIpc) is 2.78. The van der Waals surface area contributed by atoms with Crippen molar-refractivity contribution in [1.29, 1.82) is 0 Å². The first-order chi connectivity index (χ1) is 9.12. The van der Waals surface area contributed by atoms with Crippen molar-refractivity contribution in [2.24, 2.45) is 0 Å². The predicted molar refractivity (Wildman–Crippen MR) is 74.3 cm³/mol. The third-order valence-electron chi connectivity index (χ3n) is 5.12. The number of aliphatic carboxylic acids is 1. The minimum absolute atomic E-state index is 0.325. The molecule has 3 rings (SSSR count). The van der Waals surface area contributed by atoms with Crippen molar-refractivity contribution < 1.29 is 9.90 Å². The summed E-state index contributed by atoms with van der Waals surface area (Å²) in [4.78, 5) is 13.2. The molecule has 1 aliphatic carbocycles. The molecule has 3 nitrogen and oxygen atoms in total. The molecule has 1 atom stereocenters. The molecule has 0 amide bonds. The van der Waals surface area contributed by atoms with Crippen LogP contribution in [-0.4, -0.2) is 35.1 Å². The fraction of sp³-hybridized carbons (Fsp3) is 0.562. The van der Waals surface area contributed by atoms with Crippen LogP contribution < -0.4 is 0 Å². The number of carbonyl (C=O) groups is 1.